The van der Waals surface area contributed by atoms with E-state index in [1.807, 2.05) is 32.0 Å². The largest absolute Gasteiger partial charge is 0.344 e. The summed E-state index contributed by atoms with van der Waals surface area (Å²) in [6, 6.07) is 5.39. The highest BCUT2D eigenvalue weighted by Crippen LogP contribution is 2.15. The molecule has 1 atom stereocenters. The van der Waals surface area contributed by atoms with Crippen LogP contribution in [0, 0.1) is 13.8 Å². The third-order valence-electron chi connectivity index (χ3n) is 3.09. The predicted octanol–water partition coefficient (Wildman–Crippen LogP) is 1.52. The number of rotatable bonds is 2. The summed E-state index contributed by atoms with van der Waals surface area (Å²) in [4.78, 5) is 22.8. The van der Waals surface area contributed by atoms with Crippen LogP contribution in [0.5, 0.6) is 0 Å². The van der Waals surface area contributed by atoms with E-state index in [0.717, 1.165) is 11.3 Å². The predicted molar refractivity (Wildman–Crippen MR) is 65.7 cm³/mol. The molecule has 0 aliphatic carbocycles. The Labute approximate surface area is 100 Å². The molecule has 4 nitrogen and oxygen atoms in total. The lowest BCUT2D eigenvalue weighted by atomic mass is 10.1. The molecule has 0 unspecified atom stereocenters. The minimum absolute atomic E-state index is 0.0507. The third kappa shape index (κ3) is 2.64. The highest BCUT2D eigenvalue weighted by Gasteiger charge is 2.27. The Bertz CT molecular complexity index is 468. The first-order valence-electron chi connectivity index (χ1n) is 5.74. The standard InChI is InChI=1S/C13H16N2O2/c1-8-3-4-10(7-9(8)2)14-13(17)11-5-6-12(16)15-11/h3-4,7,11H,5-6H2,1-2H3,(H,14,17)(H,15,16)/t11-/m0/s1. The van der Waals surface area contributed by atoms with E-state index in [4.69, 9.17) is 0 Å². The summed E-state index contributed by atoms with van der Waals surface area (Å²) < 4.78 is 0. The second kappa shape index (κ2) is 4.57. The number of carbonyl (C=O) groups excluding carboxylic acids is 2. The Morgan fingerprint density at radius 3 is 2.71 bits per heavy atom. The molecule has 1 saturated heterocycles. The molecule has 0 saturated carbocycles. The van der Waals surface area contributed by atoms with Crippen LogP contribution in [0.15, 0.2) is 18.2 Å². The minimum Gasteiger partial charge on any atom is -0.344 e. The first-order valence-corrected chi connectivity index (χ1v) is 5.74. The number of carbonyl (C=O) groups is 2. The van der Waals surface area contributed by atoms with E-state index >= 15 is 0 Å². The molecule has 2 rings (SSSR count). The summed E-state index contributed by atoms with van der Waals surface area (Å²) in [7, 11) is 0. The summed E-state index contributed by atoms with van der Waals surface area (Å²) in [6.45, 7) is 4.03. The van der Waals surface area contributed by atoms with Crippen molar-refractivity contribution in [2.24, 2.45) is 0 Å². The molecule has 1 aromatic rings. The van der Waals surface area contributed by atoms with Gasteiger partial charge in [0.15, 0.2) is 0 Å². The lowest BCUT2D eigenvalue weighted by Crippen LogP contribution is -2.37. The number of nitrogens with one attached hydrogen (secondary N) is 2. The summed E-state index contributed by atoms with van der Waals surface area (Å²) in [5.74, 6) is -0.190. The van der Waals surface area contributed by atoms with Gasteiger partial charge in [-0.3, -0.25) is 9.59 Å². The molecule has 0 aromatic heterocycles. The smallest absolute Gasteiger partial charge is 0.246 e. The van der Waals surface area contributed by atoms with Gasteiger partial charge in [0.05, 0.1) is 0 Å². The van der Waals surface area contributed by atoms with Crippen LogP contribution in [0.1, 0.15) is 24.0 Å². The van der Waals surface area contributed by atoms with Crippen LogP contribution in [0.25, 0.3) is 0 Å². The second-order valence-corrected chi connectivity index (χ2v) is 4.45. The van der Waals surface area contributed by atoms with Crippen molar-refractivity contribution >= 4 is 17.5 Å². The summed E-state index contributed by atoms with van der Waals surface area (Å²) in [5, 5.41) is 5.47. The van der Waals surface area contributed by atoms with E-state index in [0.29, 0.717) is 12.8 Å². The zero-order chi connectivity index (χ0) is 12.4. The highest BCUT2D eigenvalue weighted by molar-refractivity contribution is 5.99. The number of hydrogen-bond acceptors (Lipinski definition) is 2. The van der Waals surface area contributed by atoms with Crippen LogP contribution in [-0.2, 0) is 9.59 Å². The van der Waals surface area contributed by atoms with Crippen molar-refractivity contribution in [3.8, 4) is 0 Å². The zero-order valence-electron chi connectivity index (χ0n) is 10.0. The molecule has 1 aliphatic rings. The fraction of sp³-hybridized carbons (Fsp3) is 0.385. The van der Waals surface area contributed by atoms with E-state index in [-0.39, 0.29) is 17.9 Å². The van der Waals surface area contributed by atoms with Gasteiger partial charge in [0.1, 0.15) is 6.04 Å². The van der Waals surface area contributed by atoms with Crippen molar-refractivity contribution in [2.45, 2.75) is 32.7 Å². The van der Waals surface area contributed by atoms with Gasteiger partial charge in [-0.2, -0.15) is 0 Å². The molecular weight excluding hydrogens is 216 g/mol. The molecule has 1 aliphatic heterocycles. The fourth-order valence-electron chi connectivity index (χ4n) is 1.86. The van der Waals surface area contributed by atoms with Crippen molar-refractivity contribution in [1.82, 2.24) is 5.32 Å². The lowest BCUT2D eigenvalue weighted by Gasteiger charge is -2.12. The van der Waals surface area contributed by atoms with E-state index in [9.17, 15) is 9.59 Å². The van der Waals surface area contributed by atoms with Crippen LogP contribution >= 0.6 is 0 Å². The number of anilines is 1. The van der Waals surface area contributed by atoms with Crippen LogP contribution in [0.2, 0.25) is 0 Å². The van der Waals surface area contributed by atoms with Crippen molar-refractivity contribution < 1.29 is 9.59 Å². The molecule has 90 valence electrons. The molecule has 1 aromatic carbocycles. The van der Waals surface area contributed by atoms with E-state index in [1.54, 1.807) is 0 Å². The fourth-order valence-corrected chi connectivity index (χ4v) is 1.86. The van der Waals surface area contributed by atoms with Crippen molar-refractivity contribution in [3.05, 3.63) is 29.3 Å². The van der Waals surface area contributed by atoms with Gasteiger partial charge in [0.2, 0.25) is 11.8 Å². The van der Waals surface area contributed by atoms with Crippen LogP contribution in [-0.4, -0.2) is 17.9 Å². The molecule has 1 heterocycles. The zero-order valence-corrected chi connectivity index (χ0v) is 10.0. The van der Waals surface area contributed by atoms with Crippen molar-refractivity contribution in [1.29, 1.82) is 0 Å². The van der Waals surface area contributed by atoms with Gasteiger partial charge in [0.25, 0.3) is 0 Å². The third-order valence-corrected chi connectivity index (χ3v) is 3.09. The SMILES string of the molecule is Cc1ccc(NC(=O)[C@@H]2CCC(=O)N2)cc1C. The monoisotopic (exact) mass is 232 g/mol. The van der Waals surface area contributed by atoms with Gasteiger partial charge in [-0.15, -0.1) is 0 Å². The van der Waals surface area contributed by atoms with Gasteiger partial charge in [0, 0.05) is 12.1 Å². The molecule has 4 heteroatoms. The van der Waals surface area contributed by atoms with Gasteiger partial charge >= 0.3 is 0 Å². The van der Waals surface area contributed by atoms with Crippen LogP contribution < -0.4 is 10.6 Å². The quantitative estimate of drug-likeness (QED) is 0.812. The number of hydrogen-bond donors (Lipinski definition) is 2. The van der Waals surface area contributed by atoms with Gasteiger partial charge in [-0.25, -0.2) is 0 Å². The maximum absolute atomic E-state index is 11.8. The van der Waals surface area contributed by atoms with Crippen LogP contribution in [0.3, 0.4) is 0 Å². The van der Waals surface area contributed by atoms with Gasteiger partial charge < -0.3 is 10.6 Å². The normalized spacial score (nSPS) is 18.9. The Morgan fingerprint density at radius 1 is 1.35 bits per heavy atom. The number of benzene rings is 1. The number of amides is 2. The molecular formula is C13H16N2O2. The first kappa shape index (κ1) is 11.6. The van der Waals surface area contributed by atoms with Gasteiger partial charge in [-0.1, -0.05) is 6.07 Å². The van der Waals surface area contributed by atoms with E-state index in [2.05, 4.69) is 10.6 Å². The van der Waals surface area contributed by atoms with E-state index < -0.39 is 0 Å². The summed E-state index contributed by atoms with van der Waals surface area (Å²) in [5.41, 5.74) is 3.11. The molecule has 2 N–H and O–H groups in total. The van der Waals surface area contributed by atoms with Crippen LogP contribution in [0.4, 0.5) is 5.69 Å². The Hall–Kier alpha value is -1.84. The lowest BCUT2D eigenvalue weighted by molar-refractivity contribution is -0.122. The molecule has 0 bridgehead atoms. The molecule has 1 fully saturated rings. The average molecular weight is 232 g/mol. The molecule has 17 heavy (non-hydrogen) atoms. The topological polar surface area (TPSA) is 58.2 Å². The van der Waals surface area contributed by atoms with Crippen molar-refractivity contribution in [3.63, 3.8) is 0 Å². The molecule has 0 spiro atoms. The van der Waals surface area contributed by atoms with E-state index in [1.165, 1.54) is 5.56 Å². The number of aryl methyl sites for hydroxylation is 2. The summed E-state index contributed by atoms with van der Waals surface area (Å²) >= 11 is 0. The maximum atomic E-state index is 11.8. The summed E-state index contributed by atoms with van der Waals surface area (Å²) in [6.07, 6.45) is 1.01. The molecule has 2 amide bonds. The van der Waals surface area contributed by atoms with Gasteiger partial charge in [-0.05, 0) is 43.5 Å². The van der Waals surface area contributed by atoms with Crippen molar-refractivity contribution in [2.75, 3.05) is 5.32 Å². The minimum atomic E-state index is -0.385. The Balaban J connectivity index is 2.03. The molecule has 0 radical (unpaired) electrons. The second-order valence-electron chi connectivity index (χ2n) is 4.45. The maximum Gasteiger partial charge on any atom is 0.246 e. The highest BCUT2D eigenvalue weighted by atomic mass is 16.2. The average Bonchev–Trinajstić information content (AvgIpc) is 2.70. The Morgan fingerprint density at radius 2 is 2.12 bits per heavy atom. The Kier molecular flexibility index (Phi) is 3.13. The first-order chi connectivity index (χ1) is 8.06.